The Hall–Kier alpha value is -1.72. The molecule has 0 radical (unpaired) electrons. The first-order chi connectivity index (χ1) is 17.3. The smallest absolute Gasteiger partial charge is 0.328 e. The maximum atomic E-state index is 12.5. The van der Waals surface area contributed by atoms with Crippen molar-refractivity contribution in [2.24, 2.45) is 23.7 Å². The second-order valence-corrected chi connectivity index (χ2v) is 11.9. The van der Waals surface area contributed by atoms with E-state index in [9.17, 15) is 24.3 Å². The van der Waals surface area contributed by atoms with Crippen molar-refractivity contribution in [1.82, 2.24) is 9.80 Å². The van der Waals surface area contributed by atoms with Gasteiger partial charge in [0.1, 0.15) is 18.2 Å². The van der Waals surface area contributed by atoms with Gasteiger partial charge in [-0.1, -0.05) is 57.5 Å². The van der Waals surface area contributed by atoms with Gasteiger partial charge in [0.15, 0.2) is 0 Å². The monoisotopic (exact) mass is 590 g/mol. The number of hydrogen-bond donors (Lipinski definition) is 1. The molecule has 0 spiro atoms. The number of aliphatic hydroxyl groups excluding tert-OH is 1. The third-order valence-corrected chi connectivity index (χ3v) is 9.10. The summed E-state index contributed by atoms with van der Waals surface area (Å²) < 4.78 is 15.2. The molecule has 3 fully saturated rings. The highest BCUT2D eigenvalue weighted by Crippen LogP contribution is 2.36. The van der Waals surface area contributed by atoms with Crippen molar-refractivity contribution < 1.29 is 38.5 Å². The highest BCUT2D eigenvalue weighted by molar-refractivity contribution is 9.10. The number of methoxy groups -OCH3 is 2. The summed E-state index contributed by atoms with van der Waals surface area (Å²) in [6, 6.07) is -1.34. The summed E-state index contributed by atoms with van der Waals surface area (Å²) in [5.74, 6) is -0.388. The minimum atomic E-state index is -0.594. The molecule has 3 aliphatic rings. The fraction of sp³-hybridized carbons (Fsp3) is 0.846. The van der Waals surface area contributed by atoms with Crippen LogP contribution in [0, 0.1) is 23.7 Å². The first-order valence-electron chi connectivity index (χ1n) is 13.0. The van der Waals surface area contributed by atoms with E-state index in [-0.39, 0.29) is 65.0 Å². The largest absolute Gasteiger partial charge is 0.467 e. The van der Waals surface area contributed by atoms with Gasteiger partial charge in [0.25, 0.3) is 5.91 Å². The lowest BCUT2D eigenvalue weighted by atomic mass is 9.99. The van der Waals surface area contributed by atoms with Gasteiger partial charge in [0.05, 0.1) is 44.3 Å². The Morgan fingerprint density at radius 2 is 1.57 bits per heavy atom. The SMILES string of the molecule is COC(=O)[C@@H]1C[C@@H](C)[C@@H](CO)N1C(=O)C(Br)C(C)C.COC(=O)[C@@H]1C[C@@H](C)[C@H]2CO[C@H](C(C)C)C(=O)N21. The highest BCUT2D eigenvalue weighted by atomic mass is 79.9. The highest BCUT2D eigenvalue weighted by Gasteiger charge is 2.51. The number of rotatable bonds is 6. The van der Waals surface area contributed by atoms with Crippen LogP contribution in [-0.2, 0) is 33.4 Å². The Kier molecular flexibility index (Phi) is 11.4. The van der Waals surface area contributed by atoms with Crippen LogP contribution in [0.5, 0.6) is 0 Å². The van der Waals surface area contributed by atoms with E-state index in [1.807, 2.05) is 41.5 Å². The summed E-state index contributed by atoms with van der Waals surface area (Å²) in [7, 11) is 2.68. The summed E-state index contributed by atoms with van der Waals surface area (Å²) in [5, 5.41) is 9.49. The van der Waals surface area contributed by atoms with E-state index in [0.717, 1.165) is 0 Å². The summed E-state index contributed by atoms with van der Waals surface area (Å²) in [6.07, 6.45) is 0.761. The Morgan fingerprint density at radius 1 is 1.03 bits per heavy atom. The predicted octanol–water partition coefficient (Wildman–Crippen LogP) is 2.00. The van der Waals surface area contributed by atoms with Gasteiger partial charge in [0.2, 0.25) is 5.91 Å². The summed E-state index contributed by atoms with van der Waals surface area (Å²) in [6.45, 7) is 12.1. The summed E-state index contributed by atoms with van der Waals surface area (Å²) >= 11 is 3.37. The predicted molar refractivity (Wildman–Crippen MR) is 140 cm³/mol. The number of ether oxygens (including phenoxy) is 3. The van der Waals surface area contributed by atoms with Crippen LogP contribution in [0.25, 0.3) is 0 Å². The number of aliphatic hydroxyl groups is 1. The number of amides is 2. The van der Waals surface area contributed by atoms with Crippen molar-refractivity contribution in [2.45, 2.75) is 89.5 Å². The minimum absolute atomic E-state index is 0.0107. The molecule has 3 aliphatic heterocycles. The number of carbonyl (C=O) groups is 4. The normalized spacial score (nSPS) is 32.1. The average molecular weight is 592 g/mol. The van der Waals surface area contributed by atoms with E-state index in [4.69, 9.17) is 14.2 Å². The van der Waals surface area contributed by atoms with Gasteiger partial charge in [-0.25, -0.2) is 9.59 Å². The minimum Gasteiger partial charge on any atom is -0.467 e. The van der Waals surface area contributed by atoms with Gasteiger partial charge in [-0.15, -0.1) is 0 Å². The van der Waals surface area contributed by atoms with Crippen molar-refractivity contribution in [3.63, 3.8) is 0 Å². The summed E-state index contributed by atoms with van der Waals surface area (Å²) in [5.41, 5.74) is 0. The van der Waals surface area contributed by atoms with Crippen molar-refractivity contribution in [3.8, 4) is 0 Å². The average Bonchev–Trinajstić information content (AvgIpc) is 3.39. The van der Waals surface area contributed by atoms with E-state index in [1.54, 1.807) is 4.90 Å². The Bertz CT molecular complexity index is 837. The number of morpholine rings is 1. The first kappa shape index (κ1) is 31.5. The molecule has 37 heavy (non-hydrogen) atoms. The van der Waals surface area contributed by atoms with E-state index in [1.165, 1.54) is 19.1 Å². The molecule has 0 saturated carbocycles. The molecule has 11 heteroatoms. The number of esters is 2. The number of halogens is 1. The molecule has 0 aromatic heterocycles. The van der Waals surface area contributed by atoms with E-state index >= 15 is 0 Å². The number of hydrogen-bond acceptors (Lipinski definition) is 8. The third kappa shape index (κ3) is 6.65. The van der Waals surface area contributed by atoms with Crippen LogP contribution in [0.2, 0.25) is 0 Å². The maximum absolute atomic E-state index is 12.5. The molecule has 0 aliphatic carbocycles. The Balaban J connectivity index is 0.000000260. The van der Waals surface area contributed by atoms with Crippen molar-refractivity contribution in [2.75, 3.05) is 27.4 Å². The number of likely N-dealkylation sites (tertiary alicyclic amines) is 1. The maximum Gasteiger partial charge on any atom is 0.328 e. The van der Waals surface area contributed by atoms with Gasteiger partial charge in [-0.05, 0) is 36.5 Å². The number of alkyl halides is 1. The van der Waals surface area contributed by atoms with Crippen molar-refractivity contribution in [3.05, 3.63) is 0 Å². The molecule has 2 amide bonds. The topological polar surface area (TPSA) is 123 Å². The molecule has 10 nitrogen and oxygen atoms in total. The fourth-order valence-corrected chi connectivity index (χ4v) is 5.66. The van der Waals surface area contributed by atoms with Gasteiger partial charge in [-0.2, -0.15) is 0 Å². The standard InChI is InChI=1S/C13H22BrNO4.C13H21NO4/c1-7(2)11(14)12(17)15-9(13(18)19-4)5-8(3)10(15)6-16;1-7(2)11-12(15)14-9(13(16)17-4)5-8(3)10(14)6-18-11/h7-11,16H,5-6H2,1-4H3;7-11H,5-6H2,1-4H3/t8-,9+,10-,11?;8-,9+,10-,11-/m11/s1. The lowest BCUT2D eigenvalue weighted by Gasteiger charge is -2.39. The zero-order valence-corrected chi connectivity index (χ0v) is 24.8. The van der Waals surface area contributed by atoms with Gasteiger partial charge >= 0.3 is 11.9 Å². The summed E-state index contributed by atoms with van der Waals surface area (Å²) in [4.78, 5) is 51.3. The van der Waals surface area contributed by atoms with Crippen LogP contribution in [0.1, 0.15) is 54.4 Å². The van der Waals surface area contributed by atoms with E-state index in [2.05, 4.69) is 15.9 Å². The van der Waals surface area contributed by atoms with Crippen LogP contribution in [0.4, 0.5) is 0 Å². The molecule has 8 atom stereocenters. The van der Waals surface area contributed by atoms with Crippen LogP contribution in [0.3, 0.4) is 0 Å². The number of nitrogens with zero attached hydrogens (tertiary/aromatic N) is 2. The van der Waals surface area contributed by atoms with Crippen LogP contribution < -0.4 is 0 Å². The number of fused-ring (bicyclic) bond motifs is 1. The molecule has 212 valence electrons. The molecular weight excluding hydrogens is 548 g/mol. The molecule has 0 bridgehead atoms. The zero-order chi connectivity index (χ0) is 28.2. The lowest BCUT2D eigenvalue weighted by Crippen LogP contribution is -2.57. The molecule has 0 aromatic carbocycles. The quantitative estimate of drug-likeness (QED) is 0.368. The second kappa shape index (κ2) is 13.4. The second-order valence-electron chi connectivity index (χ2n) is 11.0. The lowest BCUT2D eigenvalue weighted by molar-refractivity contribution is -0.170. The van der Waals surface area contributed by atoms with Gasteiger partial charge < -0.3 is 29.1 Å². The molecule has 3 heterocycles. The molecule has 3 saturated heterocycles. The van der Waals surface area contributed by atoms with Crippen molar-refractivity contribution in [1.29, 1.82) is 0 Å². The fourth-order valence-electron chi connectivity index (χ4n) is 5.42. The van der Waals surface area contributed by atoms with Crippen molar-refractivity contribution >= 4 is 39.7 Å². The van der Waals surface area contributed by atoms with Crippen LogP contribution >= 0.6 is 15.9 Å². The molecule has 3 rings (SSSR count). The van der Waals surface area contributed by atoms with E-state index in [0.29, 0.717) is 19.4 Å². The molecular formula is C26H43BrN2O8. The van der Waals surface area contributed by atoms with E-state index < -0.39 is 24.2 Å². The zero-order valence-electron chi connectivity index (χ0n) is 23.2. The van der Waals surface area contributed by atoms with Gasteiger partial charge in [0, 0.05) is 0 Å². The Morgan fingerprint density at radius 3 is 2.05 bits per heavy atom. The molecule has 1 N–H and O–H groups in total. The first-order valence-corrected chi connectivity index (χ1v) is 13.9. The van der Waals surface area contributed by atoms with Crippen LogP contribution in [-0.4, -0.2) is 101 Å². The third-order valence-electron chi connectivity index (χ3n) is 7.65. The van der Waals surface area contributed by atoms with Crippen LogP contribution in [0.15, 0.2) is 0 Å². The van der Waals surface area contributed by atoms with Gasteiger partial charge in [-0.3, -0.25) is 9.59 Å². The molecule has 0 aromatic rings. The Labute approximate surface area is 228 Å². The number of carbonyl (C=O) groups excluding carboxylic acids is 4. The molecule has 1 unspecified atom stereocenters.